The van der Waals surface area contributed by atoms with Crippen molar-refractivity contribution in [3.05, 3.63) is 94.0 Å². The van der Waals surface area contributed by atoms with Gasteiger partial charge in [0, 0.05) is 11.6 Å². The first-order chi connectivity index (χ1) is 18.0. The molecule has 0 aliphatic carbocycles. The molecule has 0 spiro atoms. The number of aliphatic hydroxyl groups is 1. The first kappa shape index (κ1) is 27.6. The van der Waals surface area contributed by atoms with Crippen LogP contribution < -0.4 is 0 Å². The number of rotatable bonds is 9. The standard InChI is InChI=1S/C31H32ClNO5/c1-31(2,3)22-11-14-24-26(18-22)29(36)33(28(24)35)17-16-25(30(37)38)27(34)15-6-19-4-7-20(8-5-19)21-9-12-23(32)13-10-21/h4-5,7-14,18,25,27,34H,6,15-17H2,1-3H3,(H,37,38)/t25-,27+/m1/s1. The Balaban J connectivity index is 1.36. The molecule has 6 nitrogen and oxygen atoms in total. The van der Waals surface area contributed by atoms with E-state index in [1.807, 2.05) is 75.4 Å². The minimum atomic E-state index is -1.15. The van der Waals surface area contributed by atoms with E-state index in [0.717, 1.165) is 27.2 Å². The van der Waals surface area contributed by atoms with E-state index in [0.29, 0.717) is 22.6 Å². The number of aliphatic carboxylic acids is 1. The van der Waals surface area contributed by atoms with E-state index in [-0.39, 0.29) is 24.8 Å². The molecule has 0 radical (unpaired) electrons. The zero-order chi connectivity index (χ0) is 27.6. The van der Waals surface area contributed by atoms with Gasteiger partial charge < -0.3 is 10.2 Å². The van der Waals surface area contributed by atoms with Crippen molar-refractivity contribution in [2.24, 2.45) is 5.92 Å². The molecule has 7 heteroatoms. The highest BCUT2D eigenvalue weighted by Crippen LogP contribution is 2.30. The van der Waals surface area contributed by atoms with Crippen molar-refractivity contribution >= 4 is 29.4 Å². The van der Waals surface area contributed by atoms with Gasteiger partial charge in [-0.05, 0) is 71.2 Å². The summed E-state index contributed by atoms with van der Waals surface area (Å²) in [6.45, 7) is 6.02. The van der Waals surface area contributed by atoms with Crippen LogP contribution in [0.2, 0.25) is 5.02 Å². The molecule has 1 aliphatic heterocycles. The second-order valence-electron chi connectivity index (χ2n) is 10.8. The monoisotopic (exact) mass is 533 g/mol. The highest BCUT2D eigenvalue weighted by atomic mass is 35.5. The fraction of sp³-hybridized carbons (Fsp3) is 0.323. The number of benzene rings is 3. The largest absolute Gasteiger partial charge is 0.481 e. The molecule has 0 fully saturated rings. The highest BCUT2D eigenvalue weighted by Gasteiger charge is 2.37. The van der Waals surface area contributed by atoms with Gasteiger partial charge in [-0.1, -0.05) is 74.8 Å². The Morgan fingerprint density at radius 1 is 0.868 bits per heavy atom. The third-order valence-electron chi connectivity index (χ3n) is 7.14. The van der Waals surface area contributed by atoms with Crippen molar-refractivity contribution in [1.82, 2.24) is 4.90 Å². The first-order valence-electron chi connectivity index (χ1n) is 12.7. The number of carbonyl (C=O) groups excluding carboxylic acids is 2. The van der Waals surface area contributed by atoms with Crippen molar-refractivity contribution in [3.63, 3.8) is 0 Å². The van der Waals surface area contributed by atoms with Crippen molar-refractivity contribution in [2.45, 2.75) is 51.6 Å². The van der Waals surface area contributed by atoms with Gasteiger partial charge in [-0.2, -0.15) is 0 Å². The number of hydrogen-bond acceptors (Lipinski definition) is 4. The number of carboxylic acid groups (broad SMARTS) is 1. The third kappa shape index (κ3) is 5.98. The van der Waals surface area contributed by atoms with Crippen LogP contribution in [0.25, 0.3) is 11.1 Å². The summed E-state index contributed by atoms with van der Waals surface area (Å²) in [5.74, 6) is -3.10. The van der Waals surface area contributed by atoms with E-state index in [9.17, 15) is 24.6 Å². The number of carboxylic acids is 1. The van der Waals surface area contributed by atoms with Crippen molar-refractivity contribution in [2.75, 3.05) is 6.54 Å². The highest BCUT2D eigenvalue weighted by molar-refractivity contribution is 6.30. The average molecular weight is 534 g/mol. The summed E-state index contributed by atoms with van der Waals surface area (Å²) in [5.41, 5.74) is 4.48. The van der Waals surface area contributed by atoms with Crippen molar-refractivity contribution in [1.29, 1.82) is 0 Å². The second kappa shape index (κ2) is 11.1. The molecule has 2 atom stereocenters. The Bertz CT molecular complexity index is 1340. The molecule has 0 unspecified atom stereocenters. The molecule has 3 aromatic rings. The van der Waals surface area contributed by atoms with E-state index < -0.39 is 29.8 Å². The number of halogens is 1. The summed E-state index contributed by atoms with van der Waals surface area (Å²) in [7, 11) is 0. The predicted molar refractivity (Wildman–Crippen MR) is 147 cm³/mol. The molecule has 3 aromatic carbocycles. The summed E-state index contributed by atoms with van der Waals surface area (Å²) >= 11 is 5.96. The molecule has 2 amide bonds. The molecule has 38 heavy (non-hydrogen) atoms. The third-order valence-corrected chi connectivity index (χ3v) is 7.39. The molecule has 0 saturated carbocycles. The number of aliphatic hydroxyl groups excluding tert-OH is 1. The van der Waals surface area contributed by atoms with E-state index >= 15 is 0 Å². The number of nitrogens with zero attached hydrogens (tertiary/aromatic N) is 1. The number of aryl methyl sites for hydroxylation is 1. The Kier molecular flexibility index (Phi) is 8.05. The van der Waals surface area contributed by atoms with Gasteiger partial charge in [0.1, 0.15) is 0 Å². The average Bonchev–Trinajstić information content (AvgIpc) is 3.12. The van der Waals surface area contributed by atoms with Crippen molar-refractivity contribution < 1.29 is 24.6 Å². The lowest BCUT2D eigenvalue weighted by atomic mass is 9.85. The molecular weight excluding hydrogens is 502 g/mol. The van der Waals surface area contributed by atoms with Crippen LogP contribution in [0.5, 0.6) is 0 Å². The SMILES string of the molecule is CC(C)(C)c1ccc2c(c1)C(=O)N(CC[C@@H](C(=O)O)[C@@H](O)CCc1ccc(-c3ccc(Cl)cc3)cc1)C2=O. The molecule has 2 N–H and O–H groups in total. The van der Waals surface area contributed by atoms with Gasteiger partial charge in [-0.15, -0.1) is 0 Å². The van der Waals surface area contributed by atoms with Gasteiger partial charge in [0.15, 0.2) is 0 Å². The maximum absolute atomic E-state index is 13.0. The number of carbonyl (C=O) groups is 3. The molecule has 0 aromatic heterocycles. The Hall–Kier alpha value is -3.48. The van der Waals surface area contributed by atoms with Gasteiger partial charge in [0.25, 0.3) is 11.8 Å². The van der Waals surface area contributed by atoms with E-state index in [4.69, 9.17) is 11.6 Å². The zero-order valence-corrected chi connectivity index (χ0v) is 22.5. The molecule has 1 aliphatic rings. The maximum Gasteiger partial charge on any atom is 0.309 e. The Labute approximate surface area is 227 Å². The minimum absolute atomic E-state index is 0.0242. The molecule has 0 saturated heterocycles. The summed E-state index contributed by atoms with van der Waals surface area (Å²) in [6, 6.07) is 20.7. The lowest BCUT2D eigenvalue weighted by Gasteiger charge is -2.22. The lowest BCUT2D eigenvalue weighted by Crippen LogP contribution is -2.36. The maximum atomic E-state index is 13.0. The molecular formula is C31H32ClNO5. The fourth-order valence-corrected chi connectivity index (χ4v) is 4.86. The summed E-state index contributed by atoms with van der Waals surface area (Å²) in [6.07, 6.45) is -0.405. The summed E-state index contributed by atoms with van der Waals surface area (Å²) in [4.78, 5) is 38.9. The number of amides is 2. The van der Waals surface area contributed by atoms with Crippen LogP contribution in [0.15, 0.2) is 66.7 Å². The van der Waals surface area contributed by atoms with Crippen LogP contribution >= 0.6 is 11.6 Å². The summed E-state index contributed by atoms with van der Waals surface area (Å²) in [5, 5.41) is 21.2. The van der Waals surface area contributed by atoms with Gasteiger partial charge in [0.2, 0.25) is 0 Å². The Morgan fingerprint density at radius 3 is 2.03 bits per heavy atom. The van der Waals surface area contributed by atoms with Crippen LogP contribution in [0, 0.1) is 5.92 Å². The predicted octanol–water partition coefficient (Wildman–Crippen LogP) is 5.99. The normalized spacial score (nSPS) is 14.9. The van der Waals surface area contributed by atoms with Crippen LogP contribution in [0.4, 0.5) is 0 Å². The van der Waals surface area contributed by atoms with E-state index in [2.05, 4.69) is 0 Å². The minimum Gasteiger partial charge on any atom is -0.481 e. The van der Waals surface area contributed by atoms with Crippen LogP contribution in [-0.2, 0) is 16.6 Å². The van der Waals surface area contributed by atoms with Gasteiger partial charge >= 0.3 is 5.97 Å². The van der Waals surface area contributed by atoms with E-state index in [1.54, 1.807) is 12.1 Å². The molecule has 4 rings (SSSR count). The van der Waals surface area contributed by atoms with E-state index in [1.165, 1.54) is 0 Å². The van der Waals surface area contributed by atoms with Crippen LogP contribution in [0.3, 0.4) is 0 Å². The Morgan fingerprint density at radius 2 is 1.45 bits per heavy atom. The van der Waals surface area contributed by atoms with Gasteiger partial charge in [-0.3, -0.25) is 19.3 Å². The van der Waals surface area contributed by atoms with Gasteiger partial charge in [0.05, 0.1) is 23.1 Å². The smallest absolute Gasteiger partial charge is 0.309 e. The quantitative estimate of drug-likeness (QED) is 0.330. The number of fused-ring (bicyclic) bond motifs is 1. The fourth-order valence-electron chi connectivity index (χ4n) is 4.73. The van der Waals surface area contributed by atoms with Crippen LogP contribution in [-0.4, -0.2) is 45.5 Å². The lowest BCUT2D eigenvalue weighted by molar-refractivity contribution is -0.146. The number of hydrogen-bond donors (Lipinski definition) is 2. The molecule has 1 heterocycles. The summed E-state index contributed by atoms with van der Waals surface area (Å²) < 4.78 is 0. The molecule has 0 bridgehead atoms. The zero-order valence-electron chi connectivity index (χ0n) is 21.8. The van der Waals surface area contributed by atoms with Crippen LogP contribution in [0.1, 0.15) is 65.5 Å². The van der Waals surface area contributed by atoms with Crippen molar-refractivity contribution in [3.8, 4) is 11.1 Å². The number of imide groups is 1. The topological polar surface area (TPSA) is 94.9 Å². The second-order valence-corrected chi connectivity index (χ2v) is 11.3. The first-order valence-corrected chi connectivity index (χ1v) is 13.1. The molecule has 198 valence electrons. The van der Waals surface area contributed by atoms with Gasteiger partial charge in [-0.25, -0.2) is 0 Å².